The van der Waals surface area contributed by atoms with E-state index in [1.165, 1.54) is 0 Å². The van der Waals surface area contributed by atoms with Gasteiger partial charge in [-0.25, -0.2) is 4.79 Å². The number of amides is 1. The molecule has 1 aromatic carbocycles. The maximum Gasteiger partial charge on any atom is 0.335 e. The molecule has 0 saturated carbocycles. The molecule has 1 N–H and O–H groups in total. The zero-order valence-electron chi connectivity index (χ0n) is 12.2. The molecule has 114 valence electrons. The number of carboxylic acids is 1. The molecule has 1 heterocycles. The normalized spacial score (nSPS) is 18.5. The predicted molar refractivity (Wildman–Crippen MR) is 78.3 cm³/mol. The highest BCUT2D eigenvalue weighted by molar-refractivity contribution is 5.89. The van der Waals surface area contributed by atoms with Gasteiger partial charge in [-0.1, -0.05) is 18.2 Å². The molecule has 2 rings (SSSR count). The number of piperidine rings is 1. The topological polar surface area (TPSA) is 66.8 Å². The third-order valence-electron chi connectivity index (χ3n) is 3.92. The lowest BCUT2D eigenvalue weighted by molar-refractivity contribution is -0.134. The van der Waals surface area contributed by atoms with Crippen molar-refractivity contribution in [3.05, 3.63) is 35.4 Å². The molecule has 5 nitrogen and oxygen atoms in total. The third kappa shape index (κ3) is 4.04. The van der Waals surface area contributed by atoms with Crippen molar-refractivity contribution in [2.75, 3.05) is 20.2 Å². The number of carbonyl (C=O) groups excluding carboxylic acids is 1. The van der Waals surface area contributed by atoms with Gasteiger partial charge in [-0.2, -0.15) is 0 Å². The van der Waals surface area contributed by atoms with E-state index in [0.717, 1.165) is 19.4 Å². The van der Waals surface area contributed by atoms with E-state index in [0.29, 0.717) is 24.9 Å². The predicted octanol–water partition coefficient (Wildman–Crippen LogP) is 1.95. The van der Waals surface area contributed by atoms with Gasteiger partial charge in [0.25, 0.3) is 0 Å². The Kier molecular flexibility index (Phi) is 5.33. The van der Waals surface area contributed by atoms with Crippen molar-refractivity contribution in [2.24, 2.45) is 0 Å². The van der Waals surface area contributed by atoms with Crippen LogP contribution in [-0.2, 0) is 16.0 Å². The van der Waals surface area contributed by atoms with Gasteiger partial charge in [0.1, 0.15) is 0 Å². The number of aromatic carboxylic acids is 1. The van der Waals surface area contributed by atoms with Crippen molar-refractivity contribution in [1.29, 1.82) is 0 Å². The second-order valence-electron chi connectivity index (χ2n) is 5.30. The van der Waals surface area contributed by atoms with Crippen LogP contribution in [0.25, 0.3) is 0 Å². The Balaban J connectivity index is 1.94. The van der Waals surface area contributed by atoms with E-state index in [1.54, 1.807) is 31.4 Å². The average molecular weight is 291 g/mol. The number of methoxy groups -OCH3 is 1. The summed E-state index contributed by atoms with van der Waals surface area (Å²) in [5.74, 6) is -0.882. The molecule has 0 aromatic heterocycles. The number of carboxylic acid groups (broad SMARTS) is 1. The van der Waals surface area contributed by atoms with Crippen molar-refractivity contribution >= 4 is 11.9 Å². The molecule has 1 fully saturated rings. The summed E-state index contributed by atoms with van der Waals surface area (Å²) in [4.78, 5) is 25.2. The Morgan fingerprint density at radius 2 is 2.14 bits per heavy atom. The molecule has 1 aliphatic heterocycles. The first-order valence-electron chi connectivity index (χ1n) is 7.23. The quantitative estimate of drug-likeness (QED) is 0.900. The van der Waals surface area contributed by atoms with Gasteiger partial charge in [0.15, 0.2) is 0 Å². The average Bonchev–Trinajstić information content (AvgIpc) is 2.52. The molecule has 0 spiro atoms. The van der Waals surface area contributed by atoms with Gasteiger partial charge in [0, 0.05) is 26.6 Å². The molecule has 0 aliphatic carbocycles. The fourth-order valence-electron chi connectivity index (χ4n) is 2.70. The number of hydrogen-bond donors (Lipinski definition) is 1. The highest BCUT2D eigenvalue weighted by Gasteiger charge is 2.23. The number of benzene rings is 1. The second kappa shape index (κ2) is 7.22. The summed E-state index contributed by atoms with van der Waals surface area (Å²) < 4.78 is 5.31. The molecule has 5 heteroatoms. The highest BCUT2D eigenvalue weighted by Crippen LogP contribution is 2.16. The summed E-state index contributed by atoms with van der Waals surface area (Å²) in [6, 6.07) is 6.84. The largest absolute Gasteiger partial charge is 0.478 e. The smallest absolute Gasteiger partial charge is 0.335 e. The van der Waals surface area contributed by atoms with E-state index < -0.39 is 5.97 Å². The number of likely N-dealkylation sites (tertiary alicyclic amines) is 1. The van der Waals surface area contributed by atoms with E-state index in [-0.39, 0.29) is 17.6 Å². The third-order valence-corrected chi connectivity index (χ3v) is 3.92. The Morgan fingerprint density at radius 1 is 1.38 bits per heavy atom. The second-order valence-corrected chi connectivity index (χ2v) is 5.30. The van der Waals surface area contributed by atoms with Crippen LogP contribution in [0.5, 0.6) is 0 Å². The Morgan fingerprint density at radius 3 is 2.86 bits per heavy atom. The van der Waals surface area contributed by atoms with Crippen molar-refractivity contribution in [3.8, 4) is 0 Å². The van der Waals surface area contributed by atoms with Crippen LogP contribution in [-0.4, -0.2) is 48.2 Å². The maximum atomic E-state index is 12.2. The zero-order chi connectivity index (χ0) is 15.2. The van der Waals surface area contributed by atoms with E-state index in [4.69, 9.17) is 9.84 Å². The van der Waals surface area contributed by atoms with E-state index >= 15 is 0 Å². The summed E-state index contributed by atoms with van der Waals surface area (Å²) in [5, 5.41) is 9.13. The number of nitrogens with zero attached hydrogens (tertiary/aromatic N) is 1. The maximum absolute atomic E-state index is 12.2. The summed E-state index contributed by atoms with van der Waals surface area (Å²) in [5.41, 5.74) is 0.984. The summed E-state index contributed by atoms with van der Waals surface area (Å²) in [6.07, 6.45) is 2.85. The summed E-state index contributed by atoms with van der Waals surface area (Å²) in [7, 11) is 1.67. The number of hydrogen-bond acceptors (Lipinski definition) is 3. The Labute approximate surface area is 124 Å². The van der Waals surface area contributed by atoms with Gasteiger partial charge in [0.2, 0.25) is 5.91 Å². The molecule has 0 bridgehead atoms. The minimum Gasteiger partial charge on any atom is -0.478 e. The van der Waals surface area contributed by atoms with Crippen LogP contribution in [0.15, 0.2) is 24.3 Å². The first kappa shape index (κ1) is 15.5. The van der Waals surface area contributed by atoms with Crippen LogP contribution in [0.2, 0.25) is 0 Å². The van der Waals surface area contributed by atoms with Crippen LogP contribution in [0.4, 0.5) is 0 Å². The van der Waals surface area contributed by atoms with Gasteiger partial charge in [-0.3, -0.25) is 4.79 Å². The summed E-state index contributed by atoms with van der Waals surface area (Å²) >= 11 is 0. The van der Waals surface area contributed by atoms with Crippen molar-refractivity contribution in [1.82, 2.24) is 4.90 Å². The number of ether oxygens (including phenoxy) is 1. The lowest BCUT2D eigenvalue weighted by Crippen LogP contribution is -2.43. The SMILES string of the molecule is COC1CCCN(C(=O)CCc2ccccc2C(=O)O)C1. The van der Waals surface area contributed by atoms with Gasteiger partial charge in [0.05, 0.1) is 11.7 Å². The summed E-state index contributed by atoms with van der Waals surface area (Å²) in [6.45, 7) is 1.40. The van der Waals surface area contributed by atoms with Crippen LogP contribution in [0.3, 0.4) is 0 Å². The molecule has 0 radical (unpaired) electrons. The molecule has 21 heavy (non-hydrogen) atoms. The number of aryl methyl sites for hydroxylation is 1. The standard InChI is InChI=1S/C16H21NO4/c1-21-13-6-4-10-17(11-13)15(18)9-8-12-5-2-3-7-14(12)16(19)20/h2-3,5,7,13H,4,6,8-11H2,1H3,(H,19,20). The fourth-order valence-corrected chi connectivity index (χ4v) is 2.70. The lowest BCUT2D eigenvalue weighted by atomic mass is 10.0. The van der Waals surface area contributed by atoms with Crippen LogP contribution in [0.1, 0.15) is 35.2 Å². The minimum absolute atomic E-state index is 0.0666. The Bertz CT molecular complexity index is 515. The van der Waals surface area contributed by atoms with E-state index in [2.05, 4.69) is 0 Å². The Hall–Kier alpha value is -1.88. The number of rotatable bonds is 5. The molecule has 1 unspecified atom stereocenters. The van der Waals surface area contributed by atoms with E-state index in [1.807, 2.05) is 4.90 Å². The molecule has 1 aliphatic rings. The van der Waals surface area contributed by atoms with Crippen molar-refractivity contribution < 1.29 is 19.4 Å². The molecule has 1 atom stereocenters. The monoisotopic (exact) mass is 291 g/mol. The molecule has 1 amide bonds. The lowest BCUT2D eigenvalue weighted by Gasteiger charge is -2.32. The first-order chi connectivity index (χ1) is 10.1. The van der Waals surface area contributed by atoms with Crippen LogP contribution < -0.4 is 0 Å². The minimum atomic E-state index is -0.949. The van der Waals surface area contributed by atoms with Crippen molar-refractivity contribution in [3.63, 3.8) is 0 Å². The fraction of sp³-hybridized carbons (Fsp3) is 0.500. The van der Waals surface area contributed by atoms with Gasteiger partial charge < -0.3 is 14.7 Å². The van der Waals surface area contributed by atoms with Crippen molar-refractivity contribution in [2.45, 2.75) is 31.8 Å². The van der Waals surface area contributed by atoms with Gasteiger partial charge in [-0.05, 0) is 30.9 Å². The van der Waals surface area contributed by atoms with Crippen LogP contribution in [0, 0.1) is 0 Å². The molecule has 1 aromatic rings. The molecular formula is C16H21NO4. The van der Waals surface area contributed by atoms with Gasteiger partial charge in [-0.15, -0.1) is 0 Å². The van der Waals surface area contributed by atoms with Crippen LogP contribution >= 0.6 is 0 Å². The molecular weight excluding hydrogens is 270 g/mol. The van der Waals surface area contributed by atoms with Gasteiger partial charge >= 0.3 is 5.97 Å². The molecule has 1 saturated heterocycles. The van der Waals surface area contributed by atoms with E-state index in [9.17, 15) is 9.59 Å². The zero-order valence-corrected chi connectivity index (χ0v) is 12.2. The number of carbonyl (C=O) groups is 2. The highest BCUT2D eigenvalue weighted by atomic mass is 16.5. The first-order valence-corrected chi connectivity index (χ1v) is 7.23.